The number of aliphatic hydroxyl groups excluding tert-OH is 2. The second-order valence-electron chi connectivity index (χ2n) is 10.2. The molecule has 2 aromatic rings. The van der Waals surface area contributed by atoms with Gasteiger partial charge in [-0.15, -0.1) is 11.8 Å². The molecule has 0 heterocycles. The smallest absolute Gasteiger partial charge is 0.407 e. The first-order valence-electron chi connectivity index (χ1n) is 14.6. The zero-order chi connectivity index (χ0) is 27.3. The van der Waals surface area contributed by atoms with Crippen LogP contribution in [0.5, 0.6) is 0 Å². The summed E-state index contributed by atoms with van der Waals surface area (Å²) in [6, 6.07) is 18.7. The standard InChI is InChI=1S/C32H49NO4S/c1-2-3-4-5-6-7-8-9-10-11-12-19-24-30(34)31(35)29(26-38-28-22-17-14-18-23-28)33-32(36)37-25-27-20-15-13-16-21-27/h13-18,20-23,29-31,34-35H,2-12,19,24-26H2,1H3,(H,33,36)/t29-,30+,31-/m0/s1. The maximum absolute atomic E-state index is 12.5. The molecule has 0 bridgehead atoms. The number of hydrogen-bond acceptors (Lipinski definition) is 5. The molecule has 2 aromatic carbocycles. The molecular weight excluding hydrogens is 494 g/mol. The Hall–Kier alpha value is -2.02. The van der Waals surface area contributed by atoms with E-state index in [4.69, 9.17) is 4.74 Å². The maximum Gasteiger partial charge on any atom is 0.407 e. The Morgan fingerprint density at radius 3 is 1.89 bits per heavy atom. The summed E-state index contributed by atoms with van der Waals surface area (Å²) >= 11 is 1.54. The summed E-state index contributed by atoms with van der Waals surface area (Å²) in [5.74, 6) is 0.432. The van der Waals surface area contributed by atoms with E-state index in [1.807, 2.05) is 60.7 Å². The van der Waals surface area contributed by atoms with E-state index in [9.17, 15) is 15.0 Å². The van der Waals surface area contributed by atoms with Gasteiger partial charge in [-0.05, 0) is 24.1 Å². The third kappa shape index (κ3) is 14.8. The van der Waals surface area contributed by atoms with Crippen LogP contribution in [-0.4, -0.2) is 40.3 Å². The predicted molar refractivity (Wildman–Crippen MR) is 158 cm³/mol. The van der Waals surface area contributed by atoms with Gasteiger partial charge in [0.1, 0.15) is 12.7 Å². The van der Waals surface area contributed by atoms with E-state index in [2.05, 4.69) is 12.2 Å². The summed E-state index contributed by atoms with van der Waals surface area (Å²) in [4.78, 5) is 13.5. The van der Waals surface area contributed by atoms with Gasteiger partial charge in [0.25, 0.3) is 0 Å². The van der Waals surface area contributed by atoms with Crippen LogP contribution >= 0.6 is 11.8 Å². The number of ether oxygens (including phenoxy) is 1. The summed E-state index contributed by atoms with van der Waals surface area (Å²) in [6.45, 7) is 2.41. The van der Waals surface area contributed by atoms with E-state index in [0.29, 0.717) is 12.2 Å². The Morgan fingerprint density at radius 1 is 0.789 bits per heavy atom. The molecule has 6 heteroatoms. The van der Waals surface area contributed by atoms with Crippen molar-refractivity contribution < 1.29 is 19.7 Å². The molecule has 2 rings (SSSR count). The number of rotatable bonds is 21. The number of carbonyl (C=O) groups is 1. The predicted octanol–water partition coefficient (Wildman–Crippen LogP) is 7.89. The summed E-state index contributed by atoms with van der Waals surface area (Å²) in [5.41, 5.74) is 0.894. The summed E-state index contributed by atoms with van der Waals surface area (Å²) < 4.78 is 5.37. The number of benzene rings is 2. The summed E-state index contributed by atoms with van der Waals surface area (Å²) in [6.07, 6.45) is 13.0. The topological polar surface area (TPSA) is 78.8 Å². The first-order valence-corrected chi connectivity index (χ1v) is 15.6. The molecule has 0 fully saturated rings. The molecule has 0 radical (unpaired) electrons. The highest BCUT2D eigenvalue weighted by molar-refractivity contribution is 7.99. The minimum absolute atomic E-state index is 0.155. The Morgan fingerprint density at radius 2 is 1.32 bits per heavy atom. The lowest BCUT2D eigenvalue weighted by atomic mass is 10.00. The van der Waals surface area contributed by atoms with Crippen molar-refractivity contribution in [2.45, 2.75) is 120 Å². The van der Waals surface area contributed by atoms with Gasteiger partial charge >= 0.3 is 6.09 Å². The molecule has 3 atom stereocenters. The van der Waals surface area contributed by atoms with Crippen molar-refractivity contribution in [3.63, 3.8) is 0 Å². The van der Waals surface area contributed by atoms with Crippen molar-refractivity contribution in [3.8, 4) is 0 Å². The SMILES string of the molecule is CCCCCCCCCCCCCC[C@@H](O)[C@@H](O)[C@H](CSc1ccccc1)NC(=O)OCc1ccccc1. The van der Waals surface area contributed by atoms with Gasteiger partial charge in [-0.3, -0.25) is 0 Å². The Bertz CT molecular complexity index is 836. The van der Waals surface area contributed by atoms with Crippen molar-refractivity contribution in [3.05, 3.63) is 66.2 Å². The van der Waals surface area contributed by atoms with Gasteiger partial charge in [0.05, 0.1) is 12.1 Å². The van der Waals surface area contributed by atoms with E-state index in [1.165, 1.54) is 69.5 Å². The quantitative estimate of drug-likeness (QED) is 0.110. The molecule has 38 heavy (non-hydrogen) atoms. The van der Waals surface area contributed by atoms with Crippen LogP contribution in [0.3, 0.4) is 0 Å². The Balaban J connectivity index is 1.70. The zero-order valence-corrected chi connectivity index (χ0v) is 24.0. The molecule has 212 valence electrons. The summed E-state index contributed by atoms with van der Waals surface area (Å²) in [5, 5.41) is 24.4. The third-order valence-electron chi connectivity index (χ3n) is 6.85. The van der Waals surface area contributed by atoms with Crippen LogP contribution < -0.4 is 5.32 Å². The van der Waals surface area contributed by atoms with Crippen LogP contribution in [0, 0.1) is 0 Å². The molecule has 0 spiro atoms. The number of amides is 1. The van der Waals surface area contributed by atoms with E-state index in [1.54, 1.807) is 0 Å². The second-order valence-corrected chi connectivity index (χ2v) is 11.3. The fourth-order valence-corrected chi connectivity index (χ4v) is 5.48. The van der Waals surface area contributed by atoms with Crippen LogP contribution in [0.15, 0.2) is 65.6 Å². The van der Waals surface area contributed by atoms with E-state index >= 15 is 0 Å². The summed E-state index contributed by atoms with van der Waals surface area (Å²) in [7, 11) is 0. The van der Waals surface area contributed by atoms with E-state index < -0.39 is 24.3 Å². The largest absolute Gasteiger partial charge is 0.445 e. The number of thioether (sulfide) groups is 1. The maximum atomic E-state index is 12.5. The van der Waals surface area contributed by atoms with Crippen LogP contribution in [0.2, 0.25) is 0 Å². The number of nitrogens with one attached hydrogen (secondary N) is 1. The fraction of sp³-hybridized carbons (Fsp3) is 0.594. The van der Waals surface area contributed by atoms with E-state index in [-0.39, 0.29) is 6.61 Å². The molecular formula is C32H49NO4S. The van der Waals surface area contributed by atoms with Crippen molar-refractivity contribution in [1.82, 2.24) is 5.32 Å². The minimum Gasteiger partial charge on any atom is -0.445 e. The first-order chi connectivity index (χ1) is 18.6. The third-order valence-corrected chi connectivity index (χ3v) is 7.98. The molecule has 0 aliphatic carbocycles. The van der Waals surface area contributed by atoms with Crippen LogP contribution in [-0.2, 0) is 11.3 Å². The van der Waals surface area contributed by atoms with Crippen LogP contribution in [0.25, 0.3) is 0 Å². The number of carbonyl (C=O) groups excluding carboxylic acids is 1. The van der Waals surface area contributed by atoms with E-state index in [0.717, 1.165) is 29.7 Å². The molecule has 0 unspecified atom stereocenters. The average molecular weight is 544 g/mol. The number of aliphatic hydroxyl groups is 2. The molecule has 0 saturated carbocycles. The van der Waals surface area contributed by atoms with Gasteiger partial charge in [0.2, 0.25) is 0 Å². The number of alkyl carbamates (subject to hydrolysis) is 1. The highest BCUT2D eigenvalue weighted by Gasteiger charge is 2.28. The van der Waals surface area contributed by atoms with Crippen molar-refractivity contribution in [2.75, 3.05) is 5.75 Å². The fourth-order valence-electron chi connectivity index (χ4n) is 4.48. The van der Waals surface area contributed by atoms with Gasteiger partial charge < -0.3 is 20.3 Å². The molecule has 3 N–H and O–H groups in total. The van der Waals surface area contributed by atoms with Gasteiger partial charge in [-0.2, -0.15) is 0 Å². The zero-order valence-electron chi connectivity index (χ0n) is 23.2. The normalized spacial score (nSPS) is 13.6. The van der Waals surface area contributed by atoms with Crippen LogP contribution in [0.4, 0.5) is 4.79 Å². The molecule has 0 aromatic heterocycles. The first kappa shape index (κ1) is 32.2. The lowest BCUT2D eigenvalue weighted by Gasteiger charge is -2.27. The number of unbranched alkanes of at least 4 members (excludes halogenated alkanes) is 11. The molecule has 5 nitrogen and oxygen atoms in total. The highest BCUT2D eigenvalue weighted by Crippen LogP contribution is 2.21. The van der Waals surface area contributed by atoms with Crippen molar-refractivity contribution in [1.29, 1.82) is 0 Å². The Labute approximate surface area is 234 Å². The number of hydrogen-bond donors (Lipinski definition) is 3. The lowest BCUT2D eigenvalue weighted by Crippen LogP contribution is -2.50. The Kier molecular flexibility index (Phi) is 17.7. The molecule has 0 aliphatic rings. The van der Waals surface area contributed by atoms with Gasteiger partial charge in [0, 0.05) is 10.6 Å². The lowest BCUT2D eigenvalue weighted by molar-refractivity contribution is -0.00496. The van der Waals surface area contributed by atoms with Gasteiger partial charge in [-0.1, -0.05) is 133 Å². The van der Waals surface area contributed by atoms with Gasteiger partial charge in [0.15, 0.2) is 0 Å². The molecule has 0 saturated heterocycles. The highest BCUT2D eigenvalue weighted by atomic mass is 32.2. The molecule has 1 amide bonds. The van der Waals surface area contributed by atoms with Crippen LogP contribution in [0.1, 0.15) is 96.0 Å². The monoisotopic (exact) mass is 543 g/mol. The van der Waals surface area contributed by atoms with Crippen molar-refractivity contribution >= 4 is 17.9 Å². The van der Waals surface area contributed by atoms with Crippen molar-refractivity contribution in [2.24, 2.45) is 0 Å². The van der Waals surface area contributed by atoms with Gasteiger partial charge in [-0.25, -0.2) is 4.79 Å². The minimum atomic E-state index is -1.07. The molecule has 0 aliphatic heterocycles. The average Bonchev–Trinajstić information content (AvgIpc) is 2.95. The second kappa shape index (κ2) is 20.9.